The van der Waals surface area contributed by atoms with Crippen molar-refractivity contribution in [3.8, 4) is 11.5 Å². The second kappa shape index (κ2) is 7.08. The normalized spacial score (nSPS) is 15.3. The molecule has 0 radical (unpaired) electrons. The summed E-state index contributed by atoms with van der Waals surface area (Å²) in [5.41, 5.74) is -0.472. The molecule has 9 heteroatoms. The van der Waals surface area contributed by atoms with E-state index in [0.29, 0.717) is 24.7 Å². The monoisotopic (exact) mass is 396 g/mol. The number of rotatable bonds is 3. The molecular formula is C20H20N4O5. The molecule has 2 aromatic heterocycles. The molecule has 0 aliphatic carbocycles. The van der Waals surface area contributed by atoms with Crippen molar-refractivity contribution in [2.24, 2.45) is 14.1 Å². The van der Waals surface area contributed by atoms with Crippen LogP contribution >= 0.6 is 0 Å². The summed E-state index contributed by atoms with van der Waals surface area (Å²) in [6.07, 6.45) is 1.05. The Morgan fingerprint density at radius 1 is 1.21 bits per heavy atom. The molecule has 0 fully saturated rings. The number of likely N-dealkylation sites (N-methyl/N-ethyl adjacent to an activating group) is 1. The van der Waals surface area contributed by atoms with Crippen LogP contribution in [0.5, 0.6) is 11.5 Å². The number of aryl methyl sites for hydroxylation is 1. The van der Waals surface area contributed by atoms with Crippen LogP contribution in [0.1, 0.15) is 10.4 Å². The molecule has 150 valence electrons. The van der Waals surface area contributed by atoms with Gasteiger partial charge in [0, 0.05) is 27.3 Å². The quantitative estimate of drug-likeness (QED) is 0.641. The topological polar surface area (TPSA) is 95.7 Å². The van der Waals surface area contributed by atoms with Gasteiger partial charge in [-0.05, 0) is 18.2 Å². The van der Waals surface area contributed by atoms with Gasteiger partial charge in [-0.15, -0.1) is 0 Å². The van der Waals surface area contributed by atoms with Gasteiger partial charge >= 0.3 is 5.69 Å². The van der Waals surface area contributed by atoms with E-state index in [-0.39, 0.29) is 28.6 Å². The first-order valence-electron chi connectivity index (χ1n) is 9.06. The highest BCUT2D eigenvalue weighted by Gasteiger charge is 2.24. The number of hydrogen-bond donors (Lipinski definition) is 0. The van der Waals surface area contributed by atoms with Crippen LogP contribution in [-0.4, -0.2) is 51.2 Å². The summed E-state index contributed by atoms with van der Waals surface area (Å²) in [5, 5.41) is 0.208. The van der Waals surface area contributed by atoms with Crippen LogP contribution in [0.15, 0.2) is 46.1 Å². The average molecular weight is 396 g/mol. The number of ether oxygens (including phenoxy) is 2. The average Bonchev–Trinajstić information content (AvgIpc) is 2.75. The summed E-state index contributed by atoms with van der Waals surface area (Å²) in [7, 11) is 4.57. The SMILES string of the molecule is CN(C[C@H]1COc2ccccc2O1)C(=O)c1cnc2c(c1)c(=O)n(C)c(=O)n2C. The van der Waals surface area contributed by atoms with Crippen molar-refractivity contribution in [3.63, 3.8) is 0 Å². The molecule has 3 aromatic rings. The van der Waals surface area contributed by atoms with E-state index in [2.05, 4.69) is 4.98 Å². The van der Waals surface area contributed by atoms with Crippen LogP contribution in [0.3, 0.4) is 0 Å². The lowest BCUT2D eigenvalue weighted by Gasteiger charge is -2.29. The highest BCUT2D eigenvalue weighted by Crippen LogP contribution is 2.31. The van der Waals surface area contributed by atoms with E-state index in [9.17, 15) is 14.4 Å². The highest BCUT2D eigenvalue weighted by atomic mass is 16.6. The Kier molecular flexibility index (Phi) is 4.57. The maximum absolute atomic E-state index is 12.9. The third kappa shape index (κ3) is 3.24. The molecule has 0 saturated heterocycles. The second-order valence-electron chi connectivity index (χ2n) is 6.98. The third-order valence-electron chi connectivity index (χ3n) is 4.93. The molecule has 1 aromatic carbocycles. The molecule has 1 amide bonds. The number of carbonyl (C=O) groups excluding carboxylic acids is 1. The van der Waals surface area contributed by atoms with E-state index >= 15 is 0 Å². The van der Waals surface area contributed by atoms with Gasteiger partial charge in [-0.25, -0.2) is 9.78 Å². The molecule has 0 unspecified atom stereocenters. The van der Waals surface area contributed by atoms with E-state index < -0.39 is 11.2 Å². The Morgan fingerprint density at radius 2 is 1.93 bits per heavy atom. The summed E-state index contributed by atoms with van der Waals surface area (Å²) in [5.74, 6) is 1.01. The summed E-state index contributed by atoms with van der Waals surface area (Å²) < 4.78 is 13.8. The van der Waals surface area contributed by atoms with Gasteiger partial charge in [0.15, 0.2) is 17.6 Å². The largest absolute Gasteiger partial charge is 0.486 e. The van der Waals surface area contributed by atoms with Gasteiger partial charge in [-0.3, -0.25) is 18.7 Å². The number of benzene rings is 1. The minimum absolute atomic E-state index is 0.208. The zero-order chi connectivity index (χ0) is 20.7. The van der Waals surface area contributed by atoms with Gasteiger partial charge in [-0.1, -0.05) is 12.1 Å². The fraction of sp³-hybridized carbons (Fsp3) is 0.300. The molecule has 1 aliphatic heterocycles. The lowest BCUT2D eigenvalue weighted by atomic mass is 10.2. The van der Waals surface area contributed by atoms with Crippen LogP contribution in [-0.2, 0) is 14.1 Å². The van der Waals surface area contributed by atoms with Crippen molar-refractivity contribution in [1.82, 2.24) is 19.0 Å². The molecule has 0 bridgehead atoms. The van der Waals surface area contributed by atoms with E-state index in [1.54, 1.807) is 7.05 Å². The first-order chi connectivity index (χ1) is 13.9. The summed E-state index contributed by atoms with van der Waals surface area (Å²) >= 11 is 0. The number of nitrogens with zero attached hydrogens (tertiary/aromatic N) is 4. The van der Waals surface area contributed by atoms with Crippen LogP contribution in [0.25, 0.3) is 11.0 Å². The fourth-order valence-electron chi connectivity index (χ4n) is 3.34. The van der Waals surface area contributed by atoms with Gasteiger partial charge in [0.2, 0.25) is 0 Å². The Bertz CT molecular complexity index is 1230. The number of hydrogen-bond acceptors (Lipinski definition) is 6. The van der Waals surface area contributed by atoms with Crippen LogP contribution < -0.4 is 20.7 Å². The Labute approximate surface area is 165 Å². The van der Waals surface area contributed by atoms with Crippen molar-refractivity contribution >= 4 is 16.9 Å². The Hall–Kier alpha value is -3.62. The van der Waals surface area contributed by atoms with Crippen LogP contribution in [0.2, 0.25) is 0 Å². The number of pyridine rings is 1. The van der Waals surface area contributed by atoms with Crippen molar-refractivity contribution < 1.29 is 14.3 Å². The fourth-order valence-corrected chi connectivity index (χ4v) is 3.34. The molecule has 3 heterocycles. The Morgan fingerprint density at radius 3 is 2.69 bits per heavy atom. The van der Waals surface area contributed by atoms with Crippen molar-refractivity contribution in [2.75, 3.05) is 20.2 Å². The maximum Gasteiger partial charge on any atom is 0.332 e. The summed E-state index contributed by atoms with van der Waals surface area (Å²) in [6, 6.07) is 8.83. The number of carbonyl (C=O) groups is 1. The first kappa shape index (κ1) is 18.7. The van der Waals surface area contributed by atoms with Gasteiger partial charge in [0.25, 0.3) is 11.5 Å². The van der Waals surface area contributed by atoms with Gasteiger partial charge in [0.1, 0.15) is 12.3 Å². The highest BCUT2D eigenvalue weighted by molar-refractivity contribution is 5.96. The molecule has 29 heavy (non-hydrogen) atoms. The molecule has 9 nitrogen and oxygen atoms in total. The lowest BCUT2D eigenvalue weighted by molar-refractivity contribution is 0.0521. The number of amides is 1. The van der Waals surface area contributed by atoms with E-state index in [4.69, 9.17) is 9.47 Å². The molecule has 0 saturated carbocycles. The van der Waals surface area contributed by atoms with E-state index in [1.807, 2.05) is 24.3 Å². The van der Waals surface area contributed by atoms with E-state index in [1.165, 1.54) is 35.8 Å². The number of fused-ring (bicyclic) bond motifs is 2. The van der Waals surface area contributed by atoms with Crippen LogP contribution in [0.4, 0.5) is 0 Å². The molecule has 4 rings (SSSR count). The van der Waals surface area contributed by atoms with E-state index in [0.717, 1.165) is 4.57 Å². The summed E-state index contributed by atoms with van der Waals surface area (Å²) in [6.45, 7) is 0.629. The van der Waals surface area contributed by atoms with Crippen molar-refractivity contribution in [1.29, 1.82) is 0 Å². The first-order valence-corrected chi connectivity index (χ1v) is 9.06. The zero-order valence-corrected chi connectivity index (χ0v) is 16.3. The van der Waals surface area contributed by atoms with Crippen molar-refractivity contribution in [3.05, 3.63) is 62.9 Å². The predicted molar refractivity (Wildman–Crippen MR) is 106 cm³/mol. The second-order valence-corrected chi connectivity index (χ2v) is 6.98. The molecule has 1 aliphatic rings. The van der Waals surface area contributed by atoms with Gasteiger partial charge < -0.3 is 14.4 Å². The smallest absolute Gasteiger partial charge is 0.332 e. The molecule has 0 spiro atoms. The minimum atomic E-state index is -0.492. The molecule has 1 atom stereocenters. The molecule has 0 N–H and O–H groups in total. The maximum atomic E-state index is 12.9. The number of aromatic nitrogens is 3. The predicted octanol–water partition coefficient (Wildman–Crippen LogP) is 0.544. The summed E-state index contributed by atoms with van der Waals surface area (Å²) in [4.78, 5) is 43.0. The minimum Gasteiger partial charge on any atom is -0.486 e. The Balaban J connectivity index is 1.57. The lowest BCUT2D eigenvalue weighted by Crippen LogP contribution is -2.42. The molecular weight excluding hydrogens is 376 g/mol. The standard InChI is InChI=1S/C20H20N4O5/c1-22(10-13-11-28-15-6-4-5-7-16(15)29-13)18(25)12-8-14-17(21-9-12)23(2)20(27)24(3)19(14)26/h4-9,13H,10-11H2,1-3H3/t13-/m0/s1. The third-order valence-corrected chi connectivity index (χ3v) is 4.93. The van der Waals surface area contributed by atoms with Gasteiger partial charge in [-0.2, -0.15) is 0 Å². The number of para-hydroxylation sites is 2. The van der Waals surface area contributed by atoms with Crippen LogP contribution in [0, 0.1) is 0 Å². The van der Waals surface area contributed by atoms with Gasteiger partial charge in [0.05, 0.1) is 17.5 Å². The van der Waals surface area contributed by atoms with Crippen molar-refractivity contribution in [2.45, 2.75) is 6.10 Å². The zero-order valence-electron chi connectivity index (χ0n) is 16.3.